The second-order valence-electron chi connectivity index (χ2n) is 6.01. The molecular weight excluding hydrogens is 336 g/mol. The molecule has 1 atom stereocenters. The number of anilines is 1. The maximum atomic E-state index is 12.4. The minimum Gasteiger partial charge on any atom is -0.472 e. The Morgan fingerprint density at radius 2 is 2.23 bits per heavy atom. The van der Waals surface area contributed by atoms with Crippen molar-refractivity contribution >= 4 is 18.0 Å². The smallest absolute Gasteiger partial charge is 0.243 e. The summed E-state index contributed by atoms with van der Waals surface area (Å²) in [7, 11) is 0. The Bertz CT molecular complexity index is 690. The van der Waals surface area contributed by atoms with Gasteiger partial charge in [0, 0.05) is 17.3 Å². The molecule has 2 aromatic rings. The fraction of sp³-hybridized carbons (Fsp3) is 0.389. The highest BCUT2D eigenvalue weighted by Gasteiger charge is 2.20. The lowest BCUT2D eigenvalue weighted by atomic mass is 10.0. The maximum absolute atomic E-state index is 12.4. The first-order valence-electron chi connectivity index (χ1n) is 8.58. The summed E-state index contributed by atoms with van der Waals surface area (Å²) in [5.74, 6) is -0.801. The summed E-state index contributed by atoms with van der Waals surface area (Å²) in [6, 6.07) is 3.65. The van der Waals surface area contributed by atoms with Crippen LogP contribution in [-0.4, -0.2) is 34.1 Å². The minimum absolute atomic E-state index is 0.0476. The lowest BCUT2D eigenvalue weighted by Gasteiger charge is -2.20. The number of hydrazine groups is 1. The Morgan fingerprint density at radius 1 is 1.38 bits per heavy atom. The van der Waals surface area contributed by atoms with Crippen molar-refractivity contribution in [3.63, 3.8) is 0 Å². The third kappa shape index (κ3) is 5.89. The van der Waals surface area contributed by atoms with Gasteiger partial charge in [0.25, 0.3) is 0 Å². The van der Waals surface area contributed by atoms with Crippen molar-refractivity contribution in [3.05, 3.63) is 37.1 Å². The average Bonchev–Trinajstić information content (AvgIpc) is 3.20. The molecule has 8 nitrogen and oxygen atoms in total. The van der Waals surface area contributed by atoms with Crippen molar-refractivity contribution in [2.24, 2.45) is 5.92 Å². The molecule has 2 amide bonds. The van der Waals surface area contributed by atoms with E-state index < -0.39 is 5.92 Å². The standard InChI is InChI=1S/C18H24N4O4/c1-2-3-4-5-14(11-22(25)13-23)18(24)21-20-17-8-16(9-19-10-17)15-6-7-26-12-15/h6-10,12-14,20,25H,2-5,11H2,1H3,(H,21,24)/t14-/m0/s1. The van der Waals surface area contributed by atoms with Gasteiger partial charge in [-0.25, -0.2) is 5.06 Å². The van der Waals surface area contributed by atoms with Gasteiger partial charge in [0.15, 0.2) is 0 Å². The van der Waals surface area contributed by atoms with Crippen LogP contribution in [-0.2, 0) is 9.59 Å². The van der Waals surface area contributed by atoms with Crippen molar-refractivity contribution < 1.29 is 19.2 Å². The van der Waals surface area contributed by atoms with Gasteiger partial charge >= 0.3 is 0 Å². The molecule has 0 radical (unpaired) electrons. The molecule has 0 bridgehead atoms. The molecule has 2 aromatic heterocycles. The number of unbranched alkanes of at least 4 members (excludes halogenated alkanes) is 2. The molecule has 0 saturated carbocycles. The Morgan fingerprint density at radius 3 is 2.92 bits per heavy atom. The predicted octanol–water partition coefficient (Wildman–Crippen LogP) is 2.83. The van der Waals surface area contributed by atoms with E-state index in [1.165, 1.54) is 0 Å². The quantitative estimate of drug-likeness (QED) is 0.246. The van der Waals surface area contributed by atoms with E-state index in [0.717, 1.165) is 30.4 Å². The van der Waals surface area contributed by atoms with Crippen molar-refractivity contribution in [3.8, 4) is 11.1 Å². The molecule has 0 fully saturated rings. The number of nitrogens with zero attached hydrogens (tertiary/aromatic N) is 2. The van der Waals surface area contributed by atoms with Crippen LogP contribution in [0.15, 0.2) is 41.5 Å². The molecule has 0 aliphatic carbocycles. The minimum atomic E-state index is -0.505. The van der Waals surface area contributed by atoms with E-state index in [-0.39, 0.29) is 12.5 Å². The molecular formula is C18H24N4O4. The molecule has 3 N–H and O–H groups in total. The number of carbonyl (C=O) groups excluding carboxylic acids is 2. The number of hydrogen-bond acceptors (Lipinski definition) is 6. The lowest BCUT2D eigenvalue weighted by molar-refractivity contribution is -0.154. The predicted molar refractivity (Wildman–Crippen MR) is 95.9 cm³/mol. The van der Waals surface area contributed by atoms with E-state index in [0.29, 0.717) is 23.6 Å². The number of amides is 2. The SMILES string of the molecule is CCCCC[C@@H](CN(O)C=O)C(=O)NNc1cncc(-c2ccoc2)c1. The van der Waals surface area contributed by atoms with Gasteiger partial charge in [-0.2, -0.15) is 0 Å². The van der Waals surface area contributed by atoms with Crippen LogP contribution in [0.4, 0.5) is 5.69 Å². The van der Waals surface area contributed by atoms with Crippen LogP contribution in [0.2, 0.25) is 0 Å². The molecule has 140 valence electrons. The molecule has 0 spiro atoms. The van der Waals surface area contributed by atoms with Gasteiger partial charge < -0.3 is 4.42 Å². The number of pyridine rings is 1. The van der Waals surface area contributed by atoms with Gasteiger partial charge in [0.2, 0.25) is 12.3 Å². The number of hydroxylamine groups is 2. The first kappa shape index (κ1) is 19.5. The fourth-order valence-corrected chi connectivity index (χ4v) is 2.55. The van der Waals surface area contributed by atoms with E-state index in [1.54, 1.807) is 24.9 Å². The zero-order valence-corrected chi connectivity index (χ0v) is 14.7. The summed E-state index contributed by atoms with van der Waals surface area (Å²) in [6.45, 7) is 2.02. The lowest BCUT2D eigenvalue weighted by Crippen LogP contribution is -2.40. The Balaban J connectivity index is 1.95. The zero-order valence-electron chi connectivity index (χ0n) is 14.7. The molecule has 2 heterocycles. The molecule has 0 aromatic carbocycles. The molecule has 2 rings (SSSR count). The van der Waals surface area contributed by atoms with Crippen LogP contribution in [0, 0.1) is 5.92 Å². The van der Waals surface area contributed by atoms with Crippen LogP contribution >= 0.6 is 0 Å². The number of carbonyl (C=O) groups is 2. The summed E-state index contributed by atoms with van der Waals surface area (Å²) in [5, 5.41) is 9.90. The molecule has 0 saturated heterocycles. The van der Waals surface area contributed by atoms with E-state index in [9.17, 15) is 14.8 Å². The monoisotopic (exact) mass is 360 g/mol. The highest BCUT2D eigenvalue weighted by molar-refractivity contribution is 5.80. The van der Waals surface area contributed by atoms with E-state index in [1.807, 2.05) is 12.1 Å². The molecule has 0 unspecified atom stereocenters. The van der Waals surface area contributed by atoms with Crippen LogP contribution < -0.4 is 10.9 Å². The zero-order chi connectivity index (χ0) is 18.8. The normalized spacial score (nSPS) is 11.6. The molecule has 0 aliphatic heterocycles. The van der Waals surface area contributed by atoms with Crippen molar-refractivity contribution in [2.45, 2.75) is 32.6 Å². The summed E-state index contributed by atoms with van der Waals surface area (Å²) < 4.78 is 5.06. The summed E-state index contributed by atoms with van der Waals surface area (Å²) in [4.78, 5) is 27.2. The van der Waals surface area contributed by atoms with Gasteiger partial charge in [-0.15, -0.1) is 0 Å². The highest BCUT2D eigenvalue weighted by Crippen LogP contribution is 2.21. The highest BCUT2D eigenvalue weighted by atomic mass is 16.5. The number of furan rings is 1. The number of aromatic nitrogens is 1. The van der Waals surface area contributed by atoms with Gasteiger partial charge in [-0.1, -0.05) is 26.2 Å². The second-order valence-corrected chi connectivity index (χ2v) is 6.01. The summed E-state index contributed by atoms with van der Waals surface area (Å²) in [5.41, 5.74) is 7.79. The third-order valence-electron chi connectivity index (χ3n) is 3.98. The Hall–Kier alpha value is -2.87. The van der Waals surface area contributed by atoms with Crippen LogP contribution in [0.1, 0.15) is 32.6 Å². The van der Waals surface area contributed by atoms with E-state index in [4.69, 9.17) is 4.42 Å². The summed E-state index contributed by atoms with van der Waals surface area (Å²) >= 11 is 0. The van der Waals surface area contributed by atoms with E-state index in [2.05, 4.69) is 22.8 Å². The van der Waals surface area contributed by atoms with Crippen molar-refractivity contribution in [1.82, 2.24) is 15.5 Å². The first-order valence-corrected chi connectivity index (χ1v) is 8.58. The molecule has 8 heteroatoms. The van der Waals surface area contributed by atoms with Gasteiger partial charge in [0.05, 0.1) is 36.9 Å². The number of nitrogens with one attached hydrogen (secondary N) is 2. The van der Waals surface area contributed by atoms with Gasteiger partial charge in [-0.3, -0.25) is 30.6 Å². The van der Waals surface area contributed by atoms with Crippen LogP contribution in [0.25, 0.3) is 11.1 Å². The Labute approximate surface area is 152 Å². The topological polar surface area (TPSA) is 108 Å². The molecule has 26 heavy (non-hydrogen) atoms. The van der Waals surface area contributed by atoms with Crippen LogP contribution in [0.5, 0.6) is 0 Å². The Kier molecular flexibility index (Phi) is 7.63. The second kappa shape index (κ2) is 10.2. The van der Waals surface area contributed by atoms with Crippen LogP contribution in [0.3, 0.4) is 0 Å². The van der Waals surface area contributed by atoms with Crippen molar-refractivity contribution in [1.29, 1.82) is 0 Å². The van der Waals surface area contributed by atoms with Crippen molar-refractivity contribution in [2.75, 3.05) is 12.0 Å². The molecule has 0 aliphatic rings. The maximum Gasteiger partial charge on any atom is 0.243 e. The fourth-order valence-electron chi connectivity index (χ4n) is 2.55. The van der Waals surface area contributed by atoms with Gasteiger partial charge in [-0.05, 0) is 18.6 Å². The first-order chi connectivity index (χ1) is 12.6. The van der Waals surface area contributed by atoms with Gasteiger partial charge in [0.1, 0.15) is 0 Å². The van der Waals surface area contributed by atoms with E-state index >= 15 is 0 Å². The summed E-state index contributed by atoms with van der Waals surface area (Å²) in [6.07, 6.45) is 10.2. The third-order valence-corrected chi connectivity index (χ3v) is 3.98. The average molecular weight is 360 g/mol. The number of rotatable bonds is 11. The number of hydrogen-bond donors (Lipinski definition) is 3. The largest absolute Gasteiger partial charge is 0.472 e.